The fourth-order valence-corrected chi connectivity index (χ4v) is 0.858. The lowest BCUT2D eigenvalue weighted by atomic mass is 9.93. The third-order valence-corrected chi connectivity index (χ3v) is 1.64. The highest BCUT2D eigenvalue weighted by Crippen LogP contribution is 2.14. The maximum atomic E-state index is 8.59. The molecule has 0 saturated carbocycles. The highest BCUT2D eigenvalue weighted by atomic mass is 16.2. The molecule has 1 unspecified atom stereocenters. The third kappa shape index (κ3) is 3.47. The molecule has 0 heterocycles. The van der Waals surface area contributed by atoms with Gasteiger partial charge in [0.25, 0.3) is 0 Å². The zero-order valence-corrected chi connectivity index (χ0v) is 6.67. The lowest BCUT2D eigenvalue weighted by Gasteiger charge is -2.10. The van der Waals surface area contributed by atoms with Crippen LogP contribution in [0.2, 0.25) is 0 Å². The van der Waals surface area contributed by atoms with E-state index in [1.807, 2.05) is 13.8 Å². The van der Waals surface area contributed by atoms with Gasteiger partial charge in [0, 0.05) is 12.5 Å². The second-order valence-corrected chi connectivity index (χ2v) is 2.85. The average molecular weight is 141 g/mol. The molecule has 0 aromatic carbocycles. The monoisotopic (exact) mass is 141 g/mol. The summed E-state index contributed by atoms with van der Waals surface area (Å²) in [6.07, 6.45) is 1.57. The largest absolute Gasteiger partial charge is 0.396 e. The summed E-state index contributed by atoms with van der Waals surface area (Å²) in [7, 11) is 0. The van der Waals surface area contributed by atoms with Gasteiger partial charge in [0.2, 0.25) is 0 Å². The number of aliphatic hydroxyl groups excluding tert-OH is 1. The molecular weight excluding hydrogens is 126 g/mol. The van der Waals surface area contributed by atoms with Crippen molar-refractivity contribution >= 4 is 0 Å². The van der Waals surface area contributed by atoms with Gasteiger partial charge in [-0.15, -0.1) is 0 Å². The Hall–Kier alpha value is -0.550. The topological polar surface area (TPSA) is 44.0 Å². The first-order valence-electron chi connectivity index (χ1n) is 3.72. The van der Waals surface area contributed by atoms with E-state index in [1.165, 1.54) is 0 Å². The van der Waals surface area contributed by atoms with E-state index in [4.69, 9.17) is 10.4 Å². The SMILES string of the molecule is CC(C)C(C#N)CCCO. The van der Waals surface area contributed by atoms with Crippen LogP contribution in [0.1, 0.15) is 26.7 Å². The highest BCUT2D eigenvalue weighted by Gasteiger charge is 2.10. The maximum Gasteiger partial charge on any atom is 0.0658 e. The van der Waals surface area contributed by atoms with E-state index < -0.39 is 0 Å². The summed E-state index contributed by atoms with van der Waals surface area (Å²) in [6.45, 7) is 4.27. The van der Waals surface area contributed by atoms with E-state index in [9.17, 15) is 0 Å². The molecule has 10 heavy (non-hydrogen) atoms. The van der Waals surface area contributed by atoms with Crippen molar-refractivity contribution in [3.05, 3.63) is 0 Å². The van der Waals surface area contributed by atoms with Crippen LogP contribution in [0.4, 0.5) is 0 Å². The average Bonchev–Trinajstić information content (AvgIpc) is 1.89. The Morgan fingerprint density at radius 3 is 2.40 bits per heavy atom. The molecule has 0 rings (SSSR count). The Morgan fingerprint density at radius 1 is 1.50 bits per heavy atom. The van der Waals surface area contributed by atoms with Crippen molar-refractivity contribution in [2.24, 2.45) is 11.8 Å². The second-order valence-electron chi connectivity index (χ2n) is 2.85. The number of nitrogens with zero attached hydrogens (tertiary/aromatic N) is 1. The number of aliphatic hydroxyl groups is 1. The first kappa shape index (κ1) is 9.45. The van der Waals surface area contributed by atoms with Crippen molar-refractivity contribution in [2.75, 3.05) is 6.61 Å². The van der Waals surface area contributed by atoms with Gasteiger partial charge in [0.1, 0.15) is 0 Å². The van der Waals surface area contributed by atoms with Crippen LogP contribution in [0.15, 0.2) is 0 Å². The summed E-state index contributed by atoms with van der Waals surface area (Å²) in [5.41, 5.74) is 0. The van der Waals surface area contributed by atoms with Gasteiger partial charge in [0.05, 0.1) is 6.07 Å². The van der Waals surface area contributed by atoms with Crippen molar-refractivity contribution in [3.63, 3.8) is 0 Å². The fraction of sp³-hybridized carbons (Fsp3) is 0.875. The van der Waals surface area contributed by atoms with Crippen LogP contribution < -0.4 is 0 Å². The van der Waals surface area contributed by atoms with E-state index in [0.29, 0.717) is 5.92 Å². The molecule has 0 saturated heterocycles. The van der Waals surface area contributed by atoms with Crippen LogP contribution in [0.5, 0.6) is 0 Å². The van der Waals surface area contributed by atoms with Gasteiger partial charge in [-0.2, -0.15) is 5.26 Å². The molecule has 1 atom stereocenters. The quantitative estimate of drug-likeness (QED) is 0.645. The molecule has 0 aliphatic rings. The number of nitriles is 1. The van der Waals surface area contributed by atoms with Crippen molar-refractivity contribution in [2.45, 2.75) is 26.7 Å². The number of hydrogen-bond acceptors (Lipinski definition) is 2. The predicted molar refractivity (Wildman–Crippen MR) is 40.3 cm³/mol. The maximum absolute atomic E-state index is 8.59. The van der Waals surface area contributed by atoms with E-state index in [-0.39, 0.29) is 12.5 Å². The van der Waals surface area contributed by atoms with E-state index >= 15 is 0 Å². The summed E-state index contributed by atoms with van der Waals surface area (Å²) in [5, 5.41) is 17.1. The van der Waals surface area contributed by atoms with E-state index in [0.717, 1.165) is 12.8 Å². The highest BCUT2D eigenvalue weighted by molar-refractivity contribution is 4.84. The van der Waals surface area contributed by atoms with Crippen molar-refractivity contribution in [1.82, 2.24) is 0 Å². The number of rotatable bonds is 4. The molecule has 2 heteroatoms. The van der Waals surface area contributed by atoms with Gasteiger partial charge >= 0.3 is 0 Å². The number of hydrogen-bond donors (Lipinski definition) is 1. The Morgan fingerprint density at radius 2 is 2.10 bits per heavy atom. The lowest BCUT2D eigenvalue weighted by Crippen LogP contribution is -2.06. The van der Waals surface area contributed by atoms with Crippen molar-refractivity contribution < 1.29 is 5.11 Å². The molecule has 0 aromatic rings. The van der Waals surface area contributed by atoms with Crippen molar-refractivity contribution in [1.29, 1.82) is 5.26 Å². The summed E-state index contributed by atoms with van der Waals surface area (Å²) >= 11 is 0. The minimum absolute atomic E-state index is 0.118. The molecule has 0 aliphatic carbocycles. The lowest BCUT2D eigenvalue weighted by molar-refractivity contribution is 0.270. The van der Waals surface area contributed by atoms with Crippen LogP contribution >= 0.6 is 0 Å². The molecule has 0 fully saturated rings. The Labute approximate surface area is 62.5 Å². The fourth-order valence-electron chi connectivity index (χ4n) is 0.858. The normalized spacial score (nSPS) is 13.1. The van der Waals surface area contributed by atoms with Gasteiger partial charge in [0.15, 0.2) is 0 Å². The summed E-state index contributed by atoms with van der Waals surface area (Å²) in [6, 6.07) is 2.23. The van der Waals surface area contributed by atoms with Crippen LogP contribution in [0.3, 0.4) is 0 Å². The summed E-state index contributed by atoms with van der Waals surface area (Å²) in [5.74, 6) is 0.531. The Bertz CT molecular complexity index is 115. The van der Waals surface area contributed by atoms with E-state index in [1.54, 1.807) is 0 Å². The summed E-state index contributed by atoms with van der Waals surface area (Å²) in [4.78, 5) is 0. The molecule has 0 radical (unpaired) electrons. The molecular formula is C8H15NO. The van der Waals surface area contributed by atoms with Gasteiger partial charge in [-0.1, -0.05) is 13.8 Å². The summed E-state index contributed by atoms with van der Waals surface area (Å²) < 4.78 is 0. The van der Waals surface area contributed by atoms with Gasteiger partial charge < -0.3 is 5.11 Å². The molecule has 0 amide bonds. The molecule has 1 N–H and O–H groups in total. The predicted octanol–water partition coefficient (Wildman–Crippen LogP) is 1.55. The molecule has 0 aliphatic heterocycles. The Balaban J connectivity index is 3.53. The van der Waals surface area contributed by atoms with E-state index in [2.05, 4.69) is 6.07 Å². The smallest absolute Gasteiger partial charge is 0.0658 e. The second kappa shape index (κ2) is 5.25. The van der Waals surface area contributed by atoms with Crippen molar-refractivity contribution in [3.8, 4) is 6.07 Å². The van der Waals surface area contributed by atoms with Crippen LogP contribution in [0.25, 0.3) is 0 Å². The van der Waals surface area contributed by atoms with Crippen LogP contribution in [-0.2, 0) is 0 Å². The molecule has 58 valence electrons. The standard InChI is InChI=1S/C8H15NO/c1-7(2)8(6-9)4-3-5-10/h7-8,10H,3-5H2,1-2H3. The minimum Gasteiger partial charge on any atom is -0.396 e. The van der Waals surface area contributed by atoms with Gasteiger partial charge in [-0.25, -0.2) is 0 Å². The zero-order chi connectivity index (χ0) is 7.98. The minimum atomic E-state index is 0.118. The molecule has 0 bridgehead atoms. The Kier molecular flexibility index (Phi) is 4.96. The molecule has 0 aromatic heterocycles. The van der Waals surface area contributed by atoms with Gasteiger partial charge in [-0.05, 0) is 18.8 Å². The molecule has 2 nitrogen and oxygen atoms in total. The third-order valence-electron chi connectivity index (χ3n) is 1.64. The van der Waals surface area contributed by atoms with Crippen LogP contribution in [0, 0.1) is 23.2 Å². The van der Waals surface area contributed by atoms with Gasteiger partial charge in [-0.3, -0.25) is 0 Å². The zero-order valence-electron chi connectivity index (χ0n) is 6.67. The molecule has 0 spiro atoms. The first-order valence-corrected chi connectivity index (χ1v) is 3.72. The first-order chi connectivity index (χ1) is 4.72. The van der Waals surface area contributed by atoms with Crippen LogP contribution in [-0.4, -0.2) is 11.7 Å².